The van der Waals surface area contributed by atoms with Crippen LogP contribution in [-0.4, -0.2) is 43.2 Å². The summed E-state index contributed by atoms with van der Waals surface area (Å²) in [5.74, 6) is 0. The number of rotatable bonds is 8. The highest BCUT2D eigenvalue weighted by molar-refractivity contribution is 6.66. The van der Waals surface area contributed by atoms with Crippen molar-refractivity contribution in [2.75, 3.05) is 11.9 Å². The van der Waals surface area contributed by atoms with Gasteiger partial charge in [0.05, 0.1) is 22.4 Å². The summed E-state index contributed by atoms with van der Waals surface area (Å²) in [6, 6.07) is 4.36. The Bertz CT molecular complexity index is 790. The van der Waals surface area contributed by atoms with E-state index in [9.17, 15) is 0 Å². The second kappa shape index (κ2) is 8.98. The summed E-state index contributed by atoms with van der Waals surface area (Å²) in [6.07, 6.45) is 4.86. The summed E-state index contributed by atoms with van der Waals surface area (Å²) in [6.45, 7) is 22.0. The van der Waals surface area contributed by atoms with E-state index >= 15 is 0 Å². The number of hydrogen-bond donors (Lipinski definition) is 1. The fourth-order valence-corrected chi connectivity index (χ4v) is 4.06. The van der Waals surface area contributed by atoms with Gasteiger partial charge in [-0.3, -0.25) is 0 Å². The highest BCUT2D eigenvalue weighted by Gasteiger charge is 2.54. The third-order valence-corrected chi connectivity index (χ3v) is 7.80. The SMILES string of the molecule is CCCCCCNc1cc(B2OC(C)(C)C(C)(C)O2)c(C)cc1B1OC(C)(C)C(C)(C)O1. The van der Waals surface area contributed by atoms with Gasteiger partial charge in [-0.2, -0.15) is 0 Å². The van der Waals surface area contributed by atoms with Crippen LogP contribution in [0, 0.1) is 6.92 Å². The molecule has 2 aliphatic rings. The van der Waals surface area contributed by atoms with Crippen LogP contribution in [0.5, 0.6) is 0 Å². The van der Waals surface area contributed by atoms with Gasteiger partial charge in [0.1, 0.15) is 0 Å². The van der Waals surface area contributed by atoms with E-state index in [0.29, 0.717) is 0 Å². The highest BCUT2D eigenvalue weighted by Crippen LogP contribution is 2.38. The molecule has 0 aromatic heterocycles. The molecule has 32 heavy (non-hydrogen) atoms. The lowest BCUT2D eigenvalue weighted by Crippen LogP contribution is -2.42. The number of anilines is 1. The molecular formula is C25H43B2NO4. The maximum atomic E-state index is 6.40. The minimum Gasteiger partial charge on any atom is -0.399 e. The molecule has 2 saturated heterocycles. The lowest BCUT2D eigenvalue weighted by atomic mass is 9.70. The van der Waals surface area contributed by atoms with Crippen molar-refractivity contribution < 1.29 is 18.6 Å². The van der Waals surface area contributed by atoms with E-state index in [1.54, 1.807) is 0 Å². The minimum absolute atomic E-state index is 0.373. The molecule has 0 saturated carbocycles. The Labute approximate surface area is 196 Å². The Hall–Kier alpha value is -1.01. The lowest BCUT2D eigenvalue weighted by Gasteiger charge is -2.32. The van der Waals surface area contributed by atoms with Crippen LogP contribution in [0.1, 0.15) is 93.6 Å². The smallest absolute Gasteiger partial charge is 0.399 e. The number of benzene rings is 1. The van der Waals surface area contributed by atoms with Gasteiger partial charge in [0, 0.05) is 17.7 Å². The van der Waals surface area contributed by atoms with Gasteiger partial charge < -0.3 is 23.9 Å². The minimum atomic E-state index is -0.413. The zero-order valence-corrected chi connectivity index (χ0v) is 22.0. The van der Waals surface area contributed by atoms with Gasteiger partial charge in [-0.15, -0.1) is 0 Å². The summed E-state index contributed by atoms with van der Waals surface area (Å²) in [5, 5.41) is 3.67. The molecule has 2 heterocycles. The fourth-order valence-electron chi connectivity index (χ4n) is 4.06. The van der Waals surface area contributed by atoms with Crippen LogP contribution in [0.3, 0.4) is 0 Å². The van der Waals surface area contributed by atoms with Gasteiger partial charge in [-0.05, 0) is 80.3 Å². The first-order valence-electron chi connectivity index (χ1n) is 12.3. The van der Waals surface area contributed by atoms with Crippen molar-refractivity contribution in [3.05, 3.63) is 17.7 Å². The first-order chi connectivity index (χ1) is 14.7. The summed E-state index contributed by atoms with van der Waals surface area (Å²) in [7, 11) is -0.808. The normalized spacial score (nSPS) is 23.1. The quantitative estimate of drug-likeness (QED) is 0.471. The molecule has 178 valence electrons. The van der Waals surface area contributed by atoms with Crippen molar-refractivity contribution in [2.24, 2.45) is 0 Å². The molecule has 1 N–H and O–H groups in total. The average Bonchev–Trinajstić information content (AvgIpc) is 3.01. The Morgan fingerprint density at radius 3 is 1.62 bits per heavy atom. The molecule has 0 radical (unpaired) electrons. The molecule has 2 fully saturated rings. The molecule has 2 aliphatic heterocycles. The van der Waals surface area contributed by atoms with Crippen LogP contribution < -0.4 is 16.2 Å². The van der Waals surface area contributed by atoms with Gasteiger partial charge in [0.2, 0.25) is 0 Å². The van der Waals surface area contributed by atoms with Crippen LogP contribution in [0.25, 0.3) is 0 Å². The van der Waals surface area contributed by atoms with Gasteiger partial charge in [0.15, 0.2) is 0 Å². The standard InChI is InChI=1S/C25H43B2NO4/c1-11-12-13-14-15-28-21-17-19(26-29-22(3,4)23(5,6)30-26)18(2)16-20(21)27-31-24(7,8)25(9,10)32-27/h16-17,28H,11-15H2,1-10H3. The van der Waals surface area contributed by atoms with Crippen molar-refractivity contribution >= 4 is 30.8 Å². The average molecular weight is 443 g/mol. The predicted octanol–water partition coefficient (Wildman–Crippen LogP) is 4.59. The Kier molecular flexibility index (Phi) is 7.18. The number of hydrogen-bond acceptors (Lipinski definition) is 5. The lowest BCUT2D eigenvalue weighted by molar-refractivity contribution is 0.00578. The van der Waals surface area contributed by atoms with E-state index in [2.05, 4.69) is 86.7 Å². The molecule has 0 atom stereocenters. The molecule has 1 aromatic rings. The molecule has 0 unspecified atom stereocenters. The Morgan fingerprint density at radius 2 is 1.16 bits per heavy atom. The van der Waals surface area contributed by atoms with Crippen molar-refractivity contribution in [2.45, 2.75) is 117 Å². The highest BCUT2D eigenvalue weighted by atomic mass is 16.7. The van der Waals surface area contributed by atoms with Crippen molar-refractivity contribution in [3.8, 4) is 0 Å². The van der Waals surface area contributed by atoms with Crippen LogP contribution in [0.15, 0.2) is 12.1 Å². The molecule has 0 amide bonds. The molecule has 0 bridgehead atoms. The summed E-state index contributed by atoms with van der Waals surface area (Å²) < 4.78 is 25.5. The number of aryl methyl sites for hydroxylation is 1. The number of unbranched alkanes of at least 4 members (excludes halogenated alkanes) is 3. The van der Waals surface area contributed by atoms with E-state index in [4.69, 9.17) is 18.6 Å². The maximum absolute atomic E-state index is 6.40. The fraction of sp³-hybridized carbons (Fsp3) is 0.760. The van der Waals surface area contributed by atoms with Crippen LogP contribution >= 0.6 is 0 Å². The molecule has 7 heteroatoms. The topological polar surface area (TPSA) is 49.0 Å². The van der Waals surface area contributed by atoms with E-state index in [-0.39, 0.29) is 22.4 Å². The second-order valence-electron chi connectivity index (χ2n) is 11.5. The van der Waals surface area contributed by atoms with Gasteiger partial charge in [-0.25, -0.2) is 0 Å². The van der Waals surface area contributed by atoms with Gasteiger partial charge >= 0.3 is 14.2 Å². The van der Waals surface area contributed by atoms with Gasteiger partial charge in [-0.1, -0.05) is 37.8 Å². The second-order valence-corrected chi connectivity index (χ2v) is 11.5. The van der Waals surface area contributed by atoms with Crippen LogP contribution in [0.2, 0.25) is 0 Å². The first-order valence-corrected chi connectivity index (χ1v) is 12.3. The molecule has 1 aromatic carbocycles. The maximum Gasteiger partial charge on any atom is 0.496 e. The zero-order valence-electron chi connectivity index (χ0n) is 22.0. The summed E-state index contributed by atoms with van der Waals surface area (Å²) in [4.78, 5) is 0. The predicted molar refractivity (Wildman–Crippen MR) is 135 cm³/mol. The molecular weight excluding hydrogens is 400 g/mol. The molecule has 3 rings (SSSR count). The van der Waals surface area contributed by atoms with Crippen molar-refractivity contribution in [3.63, 3.8) is 0 Å². The monoisotopic (exact) mass is 443 g/mol. The van der Waals surface area contributed by atoms with Crippen molar-refractivity contribution in [1.29, 1.82) is 0 Å². The molecule has 0 spiro atoms. The Balaban J connectivity index is 1.92. The van der Waals surface area contributed by atoms with Crippen LogP contribution in [0.4, 0.5) is 5.69 Å². The first kappa shape index (κ1) is 25.6. The molecule has 0 aliphatic carbocycles. The third kappa shape index (κ3) is 4.91. The zero-order chi connectivity index (χ0) is 23.9. The van der Waals surface area contributed by atoms with Gasteiger partial charge in [0.25, 0.3) is 0 Å². The van der Waals surface area contributed by atoms with E-state index in [1.165, 1.54) is 19.3 Å². The molecule has 5 nitrogen and oxygen atoms in total. The summed E-state index contributed by atoms with van der Waals surface area (Å²) in [5.41, 5.74) is 2.74. The van der Waals surface area contributed by atoms with E-state index < -0.39 is 14.2 Å². The largest absolute Gasteiger partial charge is 0.496 e. The van der Waals surface area contributed by atoms with Crippen molar-refractivity contribution in [1.82, 2.24) is 0 Å². The van der Waals surface area contributed by atoms with E-state index in [1.807, 2.05) is 0 Å². The Morgan fingerprint density at radius 1 is 0.688 bits per heavy atom. The number of nitrogens with one attached hydrogen (secondary N) is 1. The summed E-state index contributed by atoms with van der Waals surface area (Å²) >= 11 is 0. The van der Waals surface area contributed by atoms with E-state index in [0.717, 1.165) is 35.1 Å². The third-order valence-electron chi connectivity index (χ3n) is 7.80. The van der Waals surface area contributed by atoms with Crippen LogP contribution in [-0.2, 0) is 18.6 Å².